The zero-order valence-electron chi connectivity index (χ0n) is 10.2. The van der Waals surface area contributed by atoms with Gasteiger partial charge in [0, 0.05) is 12.5 Å². The Bertz CT molecular complexity index is 660. The number of esters is 1. The van der Waals surface area contributed by atoms with Gasteiger partial charge in [-0.15, -0.1) is 0 Å². The zero-order valence-corrected chi connectivity index (χ0v) is 11.9. The Hall–Kier alpha value is -1.62. The largest absolute Gasteiger partial charge is 0.468 e. The van der Waals surface area contributed by atoms with Crippen LogP contribution in [0, 0.1) is 0 Å². The summed E-state index contributed by atoms with van der Waals surface area (Å²) in [6.07, 6.45) is 3.21. The van der Waals surface area contributed by atoms with E-state index in [-0.39, 0.29) is 12.2 Å². The number of carbonyl (C=O) groups excluding carboxylic acids is 1. The van der Waals surface area contributed by atoms with Gasteiger partial charge in [0.15, 0.2) is 14.9 Å². The lowest BCUT2D eigenvalue weighted by Crippen LogP contribution is -2.22. The Balaban J connectivity index is 2.76. The van der Waals surface area contributed by atoms with Crippen molar-refractivity contribution in [3.8, 4) is 0 Å². The molecule has 0 fully saturated rings. The molecule has 0 aliphatic heterocycles. The van der Waals surface area contributed by atoms with Crippen LogP contribution in [0.15, 0.2) is 12.4 Å². The monoisotopic (exact) mass is 311 g/mol. The lowest BCUT2D eigenvalue weighted by Gasteiger charge is -2.03. The summed E-state index contributed by atoms with van der Waals surface area (Å²) < 4.78 is 52.4. The fourth-order valence-corrected chi connectivity index (χ4v) is 4.15. The Morgan fingerprint density at radius 1 is 1.42 bits per heavy atom. The molecule has 0 saturated carbocycles. The molecule has 1 rings (SSSR count). The van der Waals surface area contributed by atoms with E-state index in [1.807, 2.05) is 4.72 Å². The van der Waals surface area contributed by atoms with Crippen LogP contribution < -0.4 is 4.72 Å². The zero-order chi connectivity index (χ0) is 14.7. The molecule has 19 heavy (non-hydrogen) atoms. The molecule has 0 aromatic carbocycles. The number of nitrogens with one attached hydrogen (secondary N) is 1. The van der Waals surface area contributed by atoms with E-state index >= 15 is 0 Å². The first-order valence-corrected chi connectivity index (χ1v) is 8.60. The number of ether oxygens (including phenoxy) is 1. The highest BCUT2D eigenvalue weighted by molar-refractivity contribution is 8.08. The smallest absolute Gasteiger partial charge is 0.327 e. The maximum atomic E-state index is 11.5. The Kier molecular flexibility index (Phi) is 4.52. The summed E-state index contributed by atoms with van der Waals surface area (Å²) in [6.45, 7) is -0.176. The van der Waals surface area contributed by atoms with E-state index in [1.54, 1.807) is 0 Å². The van der Waals surface area contributed by atoms with Gasteiger partial charge in [0.1, 0.15) is 6.54 Å². The summed E-state index contributed by atoms with van der Waals surface area (Å²) in [5.74, 6) is -0.548. The third-order valence-electron chi connectivity index (χ3n) is 1.79. The minimum Gasteiger partial charge on any atom is -0.468 e. The molecule has 11 heteroatoms. The summed E-state index contributed by atoms with van der Waals surface area (Å²) in [5, 5.41) is 2.70. The van der Waals surface area contributed by atoms with E-state index in [0.717, 1.165) is 17.1 Å². The molecule has 1 heterocycles. The number of nitrogens with zero attached hydrogens (tertiary/aromatic N) is 2. The number of anilines is 1. The van der Waals surface area contributed by atoms with E-state index in [0.29, 0.717) is 0 Å². The van der Waals surface area contributed by atoms with Gasteiger partial charge in [-0.3, -0.25) is 14.2 Å². The molecule has 0 aliphatic rings. The van der Waals surface area contributed by atoms with Crippen molar-refractivity contribution >= 4 is 31.5 Å². The van der Waals surface area contributed by atoms with Crippen molar-refractivity contribution in [1.82, 2.24) is 9.78 Å². The molecule has 0 atom stereocenters. The Morgan fingerprint density at radius 2 is 2.05 bits per heavy atom. The molecule has 0 unspecified atom stereocenters. The predicted octanol–water partition coefficient (Wildman–Crippen LogP) is -1.20. The number of aromatic nitrogens is 2. The quantitative estimate of drug-likeness (QED) is 0.654. The van der Waals surface area contributed by atoms with Gasteiger partial charge in [0.25, 0.3) is 0 Å². The minimum atomic E-state index is -4.02. The number of methoxy groups -OCH3 is 1. The summed E-state index contributed by atoms with van der Waals surface area (Å²) >= 11 is 0. The number of hydrogen-bond acceptors (Lipinski definition) is 7. The summed E-state index contributed by atoms with van der Waals surface area (Å²) in [4.78, 5) is 11.0. The molecule has 0 radical (unpaired) electrons. The van der Waals surface area contributed by atoms with Gasteiger partial charge in [0.05, 0.1) is 19.0 Å². The lowest BCUT2D eigenvalue weighted by atomic mass is 10.6. The van der Waals surface area contributed by atoms with Crippen molar-refractivity contribution < 1.29 is 26.4 Å². The SMILES string of the molecule is COC(=O)Cn1cc(NS(=O)(=O)CS(C)(=O)=O)cn1. The Labute approximate surface area is 110 Å². The molecule has 108 valence electrons. The van der Waals surface area contributed by atoms with Crippen molar-refractivity contribution in [2.24, 2.45) is 0 Å². The van der Waals surface area contributed by atoms with E-state index in [2.05, 4.69) is 9.84 Å². The van der Waals surface area contributed by atoms with Crippen molar-refractivity contribution in [3.63, 3.8) is 0 Å². The molecular weight excluding hydrogens is 298 g/mol. The second-order valence-corrected chi connectivity index (χ2v) is 7.99. The molecule has 0 amide bonds. The molecule has 0 spiro atoms. The molecule has 0 bridgehead atoms. The fourth-order valence-electron chi connectivity index (χ4n) is 1.19. The summed E-state index contributed by atoms with van der Waals surface area (Å²) in [5.41, 5.74) is 0.0625. The Morgan fingerprint density at radius 3 is 2.58 bits per heavy atom. The van der Waals surface area contributed by atoms with Gasteiger partial charge < -0.3 is 4.74 Å². The fraction of sp³-hybridized carbons (Fsp3) is 0.500. The lowest BCUT2D eigenvalue weighted by molar-refractivity contribution is -0.141. The average molecular weight is 311 g/mol. The highest BCUT2D eigenvalue weighted by Gasteiger charge is 2.18. The second-order valence-electron chi connectivity index (χ2n) is 3.76. The highest BCUT2D eigenvalue weighted by atomic mass is 32.3. The number of carbonyl (C=O) groups is 1. The molecule has 1 N–H and O–H groups in total. The third kappa shape index (κ3) is 5.70. The van der Waals surface area contributed by atoms with Crippen molar-refractivity contribution in [1.29, 1.82) is 0 Å². The topological polar surface area (TPSA) is 124 Å². The third-order valence-corrected chi connectivity index (χ3v) is 5.30. The highest BCUT2D eigenvalue weighted by Crippen LogP contribution is 2.09. The predicted molar refractivity (Wildman–Crippen MR) is 66.5 cm³/mol. The van der Waals surface area contributed by atoms with Crippen molar-refractivity contribution in [2.45, 2.75) is 6.54 Å². The van der Waals surface area contributed by atoms with Gasteiger partial charge in [-0.1, -0.05) is 0 Å². The first-order valence-electron chi connectivity index (χ1n) is 4.89. The van der Waals surface area contributed by atoms with Crippen LogP contribution in [0.3, 0.4) is 0 Å². The average Bonchev–Trinajstić information content (AvgIpc) is 2.60. The second kappa shape index (κ2) is 5.57. The molecule has 0 aliphatic carbocycles. The molecular formula is C8H13N3O6S2. The van der Waals surface area contributed by atoms with Crippen LogP contribution in [0.1, 0.15) is 0 Å². The normalized spacial score (nSPS) is 12.1. The number of sulfonamides is 1. The van der Waals surface area contributed by atoms with Gasteiger partial charge in [-0.2, -0.15) is 5.10 Å². The number of rotatable bonds is 6. The van der Waals surface area contributed by atoms with Gasteiger partial charge in [-0.25, -0.2) is 16.8 Å². The summed E-state index contributed by atoms with van der Waals surface area (Å²) in [6, 6.07) is 0. The molecule has 1 aromatic rings. The maximum absolute atomic E-state index is 11.5. The van der Waals surface area contributed by atoms with Gasteiger partial charge in [-0.05, 0) is 0 Å². The van der Waals surface area contributed by atoms with Crippen LogP contribution in [0.5, 0.6) is 0 Å². The standard InChI is InChI=1S/C8H13N3O6S2/c1-17-8(12)5-11-4-7(3-9-11)10-19(15,16)6-18(2,13)14/h3-4,10H,5-6H2,1-2H3. The van der Waals surface area contributed by atoms with Gasteiger partial charge >= 0.3 is 5.97 Å². The van der Waals surface area contributed by atoms with Crippen LogP contribution in [-0.4, -0.2) is 51.0 Å². The maximum Gasteiger partial charge on any atom is 0.327 e. The minimum absolute atomic E-state index is 0.0625. The molecule has 9 nitrogen and oxygen atoms in total. The van der Waals surface area contributed by atoms with Crippen LogP contribution in [0.4, 0.5) is 5.69 Å². The van der Waals surface area contributed by atoms with Crippen LogP contribution >= 0.6 is 0 Å². The van der Waals surface area contributed by atoms with E-state index in [9.17, 15) is 21.6 Å². The van der Waals surface area contributed by atoms with Crippen LogP contribution in [-0.2, 0) is 35.9 Å². The first-order chi connectivity index (χ1) is 8.61. The van der Waals surface area contributed by atoms with Crippen LogP contribution in [0.2, 0.25) is 0 Å². The van der Waals surface area contributed by atoms with E-state index < -0.39 is 30.9 Å². The van der Waals surface area contributed by atoms with Crippen molar-refractivity contribution in [2.75, 3.05) is 23.2 Å². The first kappa shape index (κ1) is 15.4. The van der Waals surface area contributed by atoms with E-state index in [4.69, 9.17) is 0 Å². The molecule has 1 aromatic heterocycles. The molecule has 0 saturated heterocycles. The number of sulfone groups is 1. The van der Waals surface area contributed by atoms with Crippen LogP contribution in [0.25, 0.3) is 0 Å². The number of hydrogen-bond donors (Lipinski definition) is 1. The van der Waals surface area contributed by atoms with Crippen molar-refractivity contribution in [3.05, 3.63) is 12.4 Å². The van der Waals surface area contributed by atoms with E-state index in [1.165, 1.54) is 13.3 Å². The summed E-state index contributed by atoms with van der Waals surface area (Å²) in [7, 11) is -6.48. The van der Waals surface area contributed by atoms with Gasteiger partial charge in [0.2, 0.25) is 10.0 Å².